The smallest absolute Gasteiger partial charge is 0.259 e. The largest absolute Gasteiger partial charge is 0.440 e. The Balaban J connectivity index is 2.35. The number of carbonyl (C=O) groups is 1. The highest BCUT2D eigenvalue weighted by atomic mass is 35.5. The van der Waals surface area contributed by atoms with Crippen molar-refractivity contribution in [2.75, 3.05) is 0 Å². The summed E-state index contributed by atoms with van der Waals surface area (Å²) in [5, 5.41) is 4.72. The number of hydrogen-bond donors (Lipinski definition) is 0. The molecule has 2 heterocycles. The van der Waals surface area contributed by atoms with Gasteiger partial charge >= 0.3 is 0 Å². The molecule has 21 heavy (non-hydrogen) atoms. The maximum absolute atomic E-state index is 11.5. The number of benzene rings is 1. The summed E-state index contributed by atoms with van der Waals surface area (Å²) in [6.07, 6.45) is 0. The minimum Gasteiger partial charge on any atom is -0.440 e. The average Bonchev–Trinajstić information content (AvgIpc) is 2.83. The summed E-state index contributed by atoms with van der Waals surface area (Å²) in [6.45, 7) is 3.47. The van der Waals surface area contributed by atoms with E-state index in [-0.39, 0.29) is 5.56 Å². The zero-order valence-electron chi connectivity index (χ0n) is 11.1. The van der Waals surface area contributed by atoms with E-state index in [0.29, 0.717) is 38.5 Å². The van der Waals surface area contributed by atoms with Gasteiger partial charge < -0.3 is 4.42 Å². The van der Waals surface area contributed by atoms with Crippen LogP contribution in [-0.2, 0) is 0 Å². The minimum atomic E-state index is -0.606. The Bertz CT molecular complexity index is 880. The van der Waals surface area contributed by atoms with Crippen LogP contribution < -0.4 is 0 Å². The van der Waals surface area contributed by atoms with E-state index in [2.05, 4.69) is 5.10 Å². The van der Waals surface area contributed by atoms with Gasteiger partial charge in [0.25, 0.3) is 5.24 Å². The highest BCUT2D eigenvalue weighted by Crippen LogP contribution is 2.35. The molecule has 3 rings (SSSR count). The van der Waals surface area contributed by atoms with Crippen molar-refractivity contribution in [2.24, 2.45) is 0 Å². The molecular formula is C14H9Cl3N2O2. The molecule has 0 aliphatic heterocycles. The minimum absolute atomic E-state index is 0.260. The summed E-state index contributed by atoms with van der Waals surface area (Å²) in [5.41, 5.74) is 2.45. The lowest BCUT2D eigenvalue weighted by molar-refractivity contribution is 0.108. The van der Waals surface area contributed by atoms with Crippen molar-refractivity contribution in [3.63, 3.8) is 0 Å². The van der Waals surface area contributed by atoms with Crippen LogP contribution in [0.4, 0.5) is 0 Å². The van der Waals surface area contributed by atoms with Crippen molar-refractivity contribution < 1.29 is 9.21 Å². The molecule has 7 heteroatoms. The van der Waals surface area contributed by atoms with Crippen LogP contribution in [0.5, 0.6) is 0 Å². The van der Waals surface area contributed by atoms with Gasteiger partial charge in [0.2, 0.25) is 5.71 Å². The number of halogens is 3. The number of aromatic nitrogens is 2. The van der Waals surface area contributed by atoms with Crippen LogP contribution in [0.2, 0.25) is 10.0 Å². The van der Waals surface area contributed by atoms with Crippen molar-refractivity contribution in [1.29, 1.82) is 0 Å². The standard InChI is InChI=1S/C14H9Cl3N2O2/c1-6-11(13(17)20)14-19(18-6)12(7(2)21-14)9-4-3-8(15)5-10(9)16/h3-5H,1-2H3. The van der Waals surface area contributed by atoms with Gasteiger partial charge in [-0.3, -0.25) is 4.79 Å². The van der Waals surface area contributed by atoms with Gasteiger partial charge in [-0.15, -0.1) is 0 Å². The monoisotopic (exact) mass is 342 g/mol. The predicted molar refractivity (Wildman–Crippen MR) is 82.6 cm³/mol. The molecular weight excluding hydrogens is 335 g/mol. The Kier molecular flexibility index (Phi) is 3.48. The molecule has 0 saturated heterocycles. The second-order valence-corrected chi connectivity index (χ2v) is 5.77. The zero-order valence-corrected chi connectivity index (χ0v) is 13.3. The SMILES string of the molecule is Cc1nn2c(-c3ccc(Cl)cc3Cl)c(C)oc2c1C(=O)Cl. The van der Waals surface area contributed by atoms with Crippen LogP contribution in [0.3, 0.4) is 0 Å². The zero-order chi connectivity index (χ0) is 15.3. The lowest BCUT2D eigenvalue weighted by Crippen LogP contribution is -1.91. The fourth-order valence-electron chi connectivity index (χ4n) is 2.31. The molecule has 0 amide bonds. The molecule has 0 bridgehead atoms. The van der Waals surface area contributed by atoms with Gasteiger partial charge in [0.05, 0.1) is 10.7 Å². The molecule has 4 nitrogen and oxygen atoms in total. The van der Waals surface area contributed by atoms with Crippen LogP contribution in [0, 0.1) is 13.8 Å². The number of nitrogens with zero attached hydrogens (tertiary/aromatic N) is 2. The highest BCUT2D eigenvalue weighted by molar-refractivity contribution is 6.68. The molecule has 1 aromatic carbocycles. The fourth-order valence-corrected chi connectivity index (χ4v) is 3.02. The molecule has 0 atom stereocenters. The molecule has 0 aliphatic rings. The van der Waals surface area contributed by atoms with Crippen molar-refractivity contribution in [3.05, 3.63) is 45.3 Å². The number of aryl methyl sites for hydroxylation is 2. The van der Waals surface area contributed by atoms with Crippen LogP contribution >= 0.6 is 34.8 Å². The maximum Gasteiger partial charge on any atom is 0.259 e. The highest BCUT2D eigenvalue weighted by Gasteiger charge is 2.24. The van der Waals surface area contributed by atoms with Gasteiger partial charge in [-0.1, -0.05) is 23.2 Å². The van der Waals surface area contributed by atoms with E-state index in [0.717, 1.165) is 0 Å². The molecule has 0 radical (unpaired) electrons. The summed E-state index contributed by atoms with van der Waals surface area (Å²) < 4.78 is 7.19. The third-order valence-electron chi connectivity index (χ3n) is 3.20. The Labute approximate surface area is 135 Å². The Hall–Kier alpha value is -1.49. The molecule has 108 valence electrons. The first-order chi connectivity index (χ1) is 9.90. The molecule has 0 N–H and O–H groups in total. The predicted octanol–water partition coefficient (Wildman–Crippen LogP) is 4.90. The van der Waals surface area contributed by atoms with E-state index in [4.69, 9.17) is 39.2 Å². The summed E-state index contributed by atoms with van der Waals surface area (Å²) in [4.78, 5) is 11.5. The van der Waals surface area contributed by atoms with Gasteiger partial charge in [0, 0.05) is 10.6 Å². The molecule has 0 unspecified atom stereocenters. The Morgan fingerprint density at radius 3 is 2.62 bits per heavy atom. The first-order valence-corrected chi connectivity index (χ1v) is 7.17. The van der Waals surface area contributed by atoms with E-state index in [9.17, 15) is 4.79 Å². The van der Waals surface area contributed by atoms with Crippen molar-refractivity contribution in [3.8, 4) is 11.3 Å². The van der Waals surface area contributed by atoms with E-state index >= 15 is 0 Å². The van der Waals surface area contributed by atoms with Crippen LogP contribution in [0.15, 0.2) is 22.6 Å². The van der Waals surface area contributed by atoms with Gasteiger partial charge in [-0.25, -0.2) is 0 Å². The van der Waals surface area contributed by atoms with Gasteiger partial charge in [0.15, 0.2) is 0 Å². The average molecular weight is 344 g/mol. The summed E-state index contributed by atoms with van der Waals surface area (Å²) in [6, 6.07) is 5.15. The van der Waals surface area contributed by atoms with Crippen LogP contribution in [0.25, 0.3) is 17.0 Å². The van der Waals surface area contributed by atoms with E-state index in [1.807, 2.05) is 0 Å². The normalized spacial score (nSPS) is 11.3. The molecule has 0 saturated carbocycles. The number of rotatable bonds is 2. The number of carbonyl (C=O) groups excluding carboxylic acids is 1. The lowest BCUT2D eigenvalue weighted by atomic mass is 10.1. The molecule has 2 aromatic heterocycles. The lowest BCUT2D eigenvalue weighted by Gasteiger charge is -2.03. The first kappa shape index (κ1) is 14.4. The third-order valence-corrected chi connectivity index (χ3v) is 3.93. The molecule has 0 fully saturated rings. The van der Waals surface area contributed by atoms with Gasteiger partial charge in [-0.2, -0.15) is 9.61 Å². The van der Waals surface area contributed by atoms with Crippen molar-refractivity contribution in [2.45, 2.75) is 13.8 Å². The number of oxazole rings is 1. The second kappa shape index (κ2) is 5.05. The van der Waals surface area contributed by atoms with Crippen molar-refractivity contribution in [1.82, 2.24) is 9.61 Å². The second-order valence-electron chi connectivity index (χ2n) is 4.58. The van der Waals surface area contributed by atoms with Crippen LogP contribution in [0.1, 0.15) is 21.8 Å². The third kappa shape index (κ3) is 2.24. The fraction of sp³-hybridized carbons (Fsp3) is 0.143. The number of fused-ring (bicyclic) bond motifs is 1. The van der Waals surface area contributed by atoms with E-state index in [1.54, 1.807) is 32.0 Å². The van der Waals surface area contributed by atoms with Crippen molar-refractivity contribution >= 4 is 45.8 Å². The maximum atomic E-state index is 11.5. The Morgan fingerprint density at radius 2 is 2.00 bits per heavy atom. The van der Waals surface area contributed by atoms with Gasteiger partial charge in [0.1, 0.15) is 17.0 Å². The number of hydrogen-bond acceptors (Lipinski definition) is 3. The first-order valence-electron chi connectivity index (χ1n) is 6.04. The summed E-state index contributed by atoms with van der Waals surface area (Å²) in [5.74, 6) is 0.584. The summed E-state index contributed by atoms with van der Waals surface area (Å²) >= 11 is 17.7. The molecule has 3 aromatic rings. The topological polar surface area (TPSA) is 47.5 Å². The van der Waals surface area contributed by atoms with E-state index in [1.165, 1.54) is 4.52 Å². The molecule has 0 aliphatic carbocycles. The quantitative estimate of drug-likeness (QED) is 0.622. The van der Waals surface area contributed by atoms with Gasteiger partial charge in [-0.05, 0) is 43.6 Å². The molecule has 0 spiro atoms. The summed E-state index contributed by atoms with van der Waals surface area (Å²) in [7, 11) is 0. The van der Waals surface area contributed by atoms with E-state index < -0.39 is 5.24 Å². The van der Waals surface area contributed by atoms with Crippen LogP contribution in [-0.4, -0.2) is 14.9 Å². The Morgan fingerprint density at radius 1 is 1.29 bits per heavy atom.